The summed E-state index contributed by atoms with van der Waals surface area (Å²) in [5.41, 5.74) is 1.86. The zero-order chi connectivity index (χ0) is 17.4. The smallest absolute Gasteiger partial charge is 0.337 e. The summed E-state index contributed by atoms with van der Waals surface area (Å²) in [5, 5.41) is 3.54. The highest BCUT2D eigenvalue weighted by Gasteiger charge is 2.19. The van der Waals surface area contributed by atoms with E-state index >= 15 is 0 Å². The second-order valence-electron chi connectivity index (χ2n) is 4.90. The van der Waals surface area contributed by atoms with Gasteiger partial charge in [0.2, 0.25) is 0 Å². The fourth-order valence-corrected chi connectivity index (χ4v) is 3.43. The minimum atomic E-state index is -0.442. The quantitative estimate of drug-likeness (QED) is 0.661. The average molecular weight is 384 g/mol. The van der Waals surface area contributed by atoms with E-state index in [4.69, 9.17) is 23.2 Å². The van der Waals surface area contributed by atoms with Crippen molar-refractivity contribution >= 4 is 61.8 Å². The molecule has 6 nitrogen and oxygen atoms in total. The van der Waals surface area contributed by atoms with Crippen LogP contribution >= 0.6 is 34.5 Å². The van der Waals surface area contributed by atoms with E-state index in [1.165, 1.54) is 18.4 Å². The van der Waals surface area contributed by atoms with Crippen molar-refractivity contribution in [2.75, 3.05) is 12.4 Å². The first-order valence-corrected chi connectivity index (χ1v) is 8.31. The van der Waals surface area contributed by atoms with Gasteiger partial charge in [-0.2, -0.15) is 0 Å². The van der Waals surface area contributed by atoms with Crippen molar-refractivity contribution in [2.24, 2.45) is 0 Å². The number of thiazole rings is 1. The Hall–Kier alpha value is -2.09. The number of halogens is 2. The number of nitrogens with zero attached hydrogens (tertiary/aromatic N) is 1. The van der Waals surface area contributed by atoms with Crippen molar-refractivity contribution in [3.63, 3.8) is 0 Å². The molecule has 1 amide bonds. The van der Waals surface area contributed by atoms with Crippen LogP contribution in [0.1, 0.15) is 26.5 Å². The first-order valence-electron chi connectivity index (χ1n) is 6.74. The molecule has 2 aromatic heterocycles. The van der Waals surface area contributed by atoms with Gasteiger partial charge in [0.15, 0.2) is 5.13 Å². The molecule has 2 heterocycles. The average Bonchev–Trinajstić information content (AvgIpc) is 3.08. The predicted molar refractivity (Wildman–Crippen MR) is 94.5 cm³/mol. The number of H-pyrrole nitrogens is 1. The van der Waals surface area contributed by atoms with Gasteiger partial charge >= 0.3 is 5.97 Å². The molecule has 0 radical (unpaired) electrons. The molecule has 9 heteroatoms. The van der Waals surface area contributed by atoms with Crippen molar-refractivity contribution in [2.45, 2.75) is 6.92 Å². The Kier molecular flexibility index (Phi) is 4.49. The third kappa shape index (κ3) is 2.98. The maximum absolute atomic E-state index is 12.3. The number of aryl methyl sites for hydroxylation is 1. The predicted octanol–water partition coefficient (Wildman–Crippen LogP) is 4.28. The number of aromatic nitrogens is 2. The zero-order valence-electron chi connectivity index (χ0n) is 12.6. The number of carbonyl (C=O) groups excluding carboxylic acids is 2. The summed E-state index contributed by atoms with van der Waals surface area (Å²) in [6, 6.07) is 4.97. The normalized spacial score (nSPS) is 10.8. The summed E-state index contributed by atoms with van der Waals surface area (Å²) in [6.07, 6.45) is 0. The molecule has 0 unspecified atom stereocenters. The Labute approximate surface area is 150 Å². The third-order valence-corrected chi connectivity index (χ3v) is 5.19. The first-order chi connectivity index (χ1) is 11.4. The molecule has 3 aromatic rings. The molecule has 124 valence electrons. The lowest BCUT2D eigenvalue weighted by atomic mass is 10.2. The van der Waals surface area contributed by atoms with Crippen LogP contribution in [0.15, 0.2) is 18.2 Å². The van der Waals surface area contributed by atoms with Crippen LogP contribution in [0.3, 0.4) is 0 Å². The number of carbonyl (C=O) groups is 2. The summed E-state index contributed by atoms with van der Waals surface area (Å²) < 4.78 is 5.44. The van der Waals surface area contributed by atoms with Crippen LogP contribution in [0.4, 0.5) is 5.13 Å². The Bertz CT molecular complexity index is 964. The molecule has 1 aromatic carbocycles. The highest BCUT2D eigenvalue weighted by molar-refractivity contribution is 7.22. The second kappa shape index (κ2) is 6.43. The van der Waals surface area contributed by atoms with Crippen LogP contribution in [0, 0.1) is 6.92 Å². The summed E-state index contributed by atoms with van der Waals surface area (Å²) in [5.74, 6) is -0.874. The van der Waals surface area contributed by atoms with Gasteiger partial charge < -0.3 is 9.72 Å². The van der Waals surface area contributed by atoms with Crippen LogP contribution in [-0.2, 0) is 4.74 Å². The molecule has 0 aliphatic carbocycles. The summed E-state index contributed by atoms with van der Waals surface area (Å²) >= 11 is 13.2. The molecule has 0 aliphatic rings. The topological polar surface area (TPSA) is 84.1 Å². The van der Waals surface area contributed by atoms with E-state index in [2.05, 4.69) is 20.0 Å². The largest absolute Gasteiger partial charge is 0.465 e. The molecule has 0 saturated carbocycles. The molecule has 0 bridgehead atoms. The number of ether oxygens (including phenoxy) is 1. The molecular formula is C15H11Cl2N3O3S. The molecule has 0 atom stereocenters. The van der Waals surface area contributed by atoms with Crippen LogP contribution in [0.25, 0.3) is 10.2 Å². The monoisotopic (exact) mass is 383 g/mol. The zero-order valence-corrected chi connectivity index (χ0v) is 14.9. The molecule has 0 spiro atoms. The summed E-state index contributed by atoms with van der Waals surface area (Å²) in [4.78, 5) is 31.0. The lowest BCUT2D eigenvalue weighted by Gasteiger charge is -1.99. The highest BCUT2D eigenvalue weighted by atomic mass is 35.5. The SMILES string of the molecule is COC(=O)c1ccc2nc(NC(=O)c3[nH]c(C)c(Cl)c3Cl)sc2c1. The molecule has 0 aliphatic heterocycles. The fraction of sp³-hybridized carbons (Fsp3) is 0.133. The van der Waals surface area contributed by atoms with Gasteiger partial charge in [-0.3, -0.25) is 10.1 Å². The van der Waals surface area contributed by atoms with E-state index in [9.17, 15) is 9.59 Å². The molecule has 0 fully saturated rings. The Morgan fingerprint density at radius 3 is 2.67 bits per heavy atom. The van der Waals surface area contributed by atoms with Crippen molar-refractivity contribution in [1.82, 2.24) is 9.97 Å². The van der Waals surface area contributed by atoms with Gasteiger partial charge in [0, 0.05) is 5.69 Å². The van der Waals surface area contributed by atoms with Crippen molar-refractivity contribution in [3.05, 3.63) is 45.2 Å². The van der Waals surface area contributed by atoms with Crippen LogP contribution in [0.2, 0.25) is 10.0 Å². The van der Waals surface area contributed by atoms with Crippen molar-refractivity contribution < 1.29 is 14.3 Å². The highest BCUT2D eigenvalue weighted by Crippen LogP contribution is 2.31. The number of anilines is 1. The number of aromatic amines is 1. The van der Waals surface area contributed by atoms with Crippen LogP contribution in [0.5, 0.6) is 0 Å². The Morgan fingerprint density at radius 2 is 2.04 bits per heavy atom. The van der Waals surface area contributed by atoms with E-state index in [-0.39, 0.29) is 10.7 Å². The minimum Gasteiger partial charge on any atom is -0.465 e. The number of hydrogen-bond acceptors (Lipinski definition) is 5. The van der Waals surface area contributed by atoms with E-state index in [1.807, 2.05) is 0 Å². The van der Waals surface area contributed by atoms with Gasteiger partial charge in [0.05, 0.1) is 32.9 Å². The van der Waals surface area contributed by atoms with Gasteiger partial charge in [-0.15, -0.1) is 0 Å². The Balaban J connectivity index is 1.88. The van der Waals surface area contributed by atoms with Gasteiger partial charge in [0.25, 0.3) is 5.91 Å². The van der Waals surface area contributed by atoms with E-state index in [0.717, 1.165) is 4.70 Å². The van der Waals surface area contributed by atoms with E-state index in [1.54, 1.807) is 25.1 Å². The van der Waals surface area contributed by atoms with Crippen LogP contribution < -0.4 is 5.32 Å². The molecular weight excluding hydrogens is 373 g/mol. The van der Waals surface area contributed by atoms with Gasteiger partial charge in [-0.25, -0.2) is 9.78 Å². The van der Waals surface area contributed by atoms with Crippen molar-refractivity contribution in [1.29, 1.82) is 0 Å². The van der Waals surface area contributed by atoms with Gasteiger partial charge in [-0.05, 0) is 25.1 Å². The van der Waals surface area contributed by atoms with Gasteiger partial charge in [0.1, 0.15) is 5.69 Å². The maximum atomic E-state index is 12.3. The van der Waals surface area contributed by atoms with Gasteiger partial charge in [-0.1, -0.05) is 34.5 Å². The summed E-state index contributed by atoms with van der Waals surface area (Å²) in [7, 11) is 1.32. The standard InChI is InChI=1S/C15H11Cl2N3O3S/c1-6-10(16)11(17)12(18-6)13(21)20-15-19-8-4-3-7(14(22)23-2)5-9(8)24-15/h3-5,18H,1-2H3,(H,19,20,21). The molecule has 3 rings (SSSR count). The number of methoxy groups -OCH3 is 1. The lowest BCUT2D eigenvalue weighted by Crippen LogP contribution is -2.12. The minimum absolute atomic E-state index is 0.167. The van der Waals surface area contributed by atoms with Crippen LogP contribution in [-0.4, -0.2) is 29.0 Å². The number of fused-ring (bicyclic) bond motifs is 1. The fourth-order valence-electron chi connectivity index (χ4n) is 2.11. The molecule has 2 N–H and O–H groups in total. The van der Waals surface area contributed by atoms with Crippen molar-refractivity contribution in [3.8, 4) is 0 Å². The number of benzene rings is 1. The second-order valence-corrected chi connectivity index (χ2v) is 6.69. The van der Waals surface area contributed by atoms with E-state index in [0.29, 0.717) is 26.9 Å². The first kappa shape index (κ1) is 16.8. The number of esters is 1. The maximum Gasteiger partial charge on any atom is 0.337 e. The summed E-state index contributed by atoms with van der Waals surface area (Å²) in [6.45, 7) is 1.72. The number of rotatable bonds is 3. The number of nitrogens with one attached hydrogen (secondary N) is 2. The number of hydrogen-bond donors (Lipinski definition) is 2. The Morgan fingerprint density at radius 1 is 1.29 bits per heavy atom. The number of amides is 1. The third-order valence-electron chi connectivity index (χ3n) is 3.31. The molecule has 24 heavy (non-hydrogen) atoms. The molecule has 0 saturated heterocycles. The lowest BCUT2D eigenvalue weighted by molar-refractivity contribution is 0.0601. The van der Waals surface area contributed by atoms with E-state index < -0.39 is 11.9 Å².